The first-order valence-electron chi connectivity index (χ1n) is 6.28. The van der Waals surface area contributed by atoms with Crippen molar-refractivity contribution in [2.75, 3.05) is 6.54 Å². The summed E-state index contributed by atoms with van der Waals surface area (Å²) in [6, 6.07) is 8.42. The minimum atomic E-state index is -0.237. The average Bonchev–Trinajstić information content (AvgIpc) is 2.42. The molecule has 100 valence electrons. The summed E-state index contributed by atoms with van der Waals surface area (Å²) in [6.07, 6.45) is 4.21. The molecule has 19 heavy (non-hydrogen) atoms. The molecule has 1 heterocycles. The molecule has 2 aromatic rings. The lowest BCUT2D eigenvalue weighted by Crippen LogP contribution is -2.24. The van der Waals surface area contributed by atoms with Crippen molar-refractivity contribution >= 4 is 11.6 Å². The molecule has 0 amide bonds. The van der Waals surface area contributed by atoms with E-state index in [0.29, 0.717) is 17.0 Å². The Kier molecular flexibility index (Phi) is 4.88. The summed E-state index contributed by atoms with van der Waals surface area (Å²) < 4.78 is 13.9. The van der Waals surface area contributed by atoms with E-state index in [1.165, 1.54) is 6.07 Å². The van der Waals surface area contributed by atoms with Crippen LogP contribution >= 0.6 is 11.6 Å². The summed E-state index contributed by atoms with van der Waals surface area (Å²) in [7, 11) is 0. The molecule has 0 aliphatic heterocycles. The fourth-order valence-electron chi connectivity index (χ4n) is 2.07. The molecule has 0 saturated heterocycles. The monoisotopic (exact) mass is 278 g/mol. The van der Waals surface area contributed by atoms with E-state index in [4.69, 9.17) is 11.6 Å². The van der Waals surface area contributed by atoms with Crippen molar-refractivity contribution in [1.29, 1.82) is 0 Å². The van der Waals surface area contributed by atoms with E-state index < -0.39 is 0 Å². The molecule has 1 unspecified atom stereocenters. The van der Waals surface area contributed by atoms with Gasteiger partial charge in [-0.25, -0.2) is 4.39 Å². The molecule has 0 aliphatic carbocycles. The largest absolute Gasteiger partial charge is 0.310 e. The molecule has 2 rings (SSSR count). The van der Waals surface area contributed by atoms with Crippen molar-refractivity contribution in [2.24, 2.45) is 0 Å². The minimum absolute atomic E-state index is 0.104. The lowest BCUT2D eigenvalue weighted by atomic mass is 9.99. The first kappa shape index (κ1) is 14.0. The van der Waals surface area contributed by atoms with Gasteiger partial charge < -0.3 is 5.32 Å². The first-order chi connectivity index (χ1) is 9.20. The molecule has 4 heteroatoms. The van der Waals surface area contributed by atoms with Crippen LogP contribution in [-0.2, 0) is 6.42 Å². The van der Waals surface area contributed by atoms with Crippen LogP contribution in [-0.4, -0.2) is 11.5 Å². The lowest BCUT2D eigenvalue weighted by Gasteiger charge is -2.19. The van der Waals surface area contributed by atoms with Gasteiger partial charge in [0.2, 0.25) is 0 Å². The molecule has 1 aromatic carbocycles. The highest BCUT2D eigenvalue weighted by Gasteiger charge is 2.16. The van der Waals surface area contributed by atoms with Gasteiger partial charge in [-0.1, -0.05) is 24.6 Å². The quantitative estimate of drug-likeness (QED) is 0.901. The van der Waals surface area contributed by atoms with Crippen LogP contribution in [0.5, 0.6) is 0 Å². The molecule has 0 bridgehead atoms. The summed E-state index contributed by atoms with van der Waals surface area (Å²) >= 11 is 5.96. The molecule has 0 fully saturated rings. The number of nitrogens with zero attached hydrogens (tertiary/aromatic N) is 1. The van der Waals surface area contributed by atoms with E-state index >= 15 is 0 Å². The molecule has 2 nitrogen and oxygen atoms in total. The standard InChI is InChI=1S/C15H16ClFN2/c1-2-19-15(8-11-4-3-7-18-10-11)13-9-12(16)5-6-14(13)17/h3-7,9-10,15,19H,2,8H2,1H3. The van der Waals surface area contributed by atoms with E-state index in [9.17, 15) is 4.39 Å². The van der Waals surface area contributed by atoms with Gasteiger partial charge in [-0.05, 0) is 42.8 Å². The van der Waals surface area contributed by atoms with Crippen molar-refractivity contribution in [2.45, 2.75) is 19.4 Å². The topological polar surface area (TPSA) is 24.9 Å². The van der Waals surface area contributed by atoms with E-state index in [0.717, 1.165) is 12.1 Å². The van der Waals surface area contributed by atoms with E-state index in [1.54, 1.807) is 24.5 Å². The molecular formula is C15H16ClFN2. The molecule has 1 aromatic heterocycles. The maximum atomic E-state index is 13.9. The summed E-state index contributed by atoms with van der Waals surface area (Å²) in [6.45, 7) is 2.76. The highest BCUT2D eigenvalue weighted by molar-refractivity contribution is 6.30. The van der Waals surface area contributed by atoms with E-state index in [2.05, 4.69) is 10.3 Å². The fourth-order valence-corrected chi connectivity index (χ4v) is 2.26. The smallest absolute Gasteiger partial charge is 0.128 e. The van der Waals surface area contributed by atoms with Gasteiger partial charge in [-0.15, -0.1) is 0 Å². The third-order valence-electron chi connectivity index (χ3n) is 2.95. The summed E-state index contributed by atoms with van der Waals surface area (Å²) in [5, 5.41) is 3.84. The summed E-state index contributed by atoms with van der Waals surface area (Å²) in [5.74, 6) is -0.237. The molecule has 0 aliphatic rings. The second-order valence-electron chi connectivity index (χ2n) is 4.34. The number of nitrogens with one attached hydrogen (secondary N) is 1. The number of likely N-dealkylation sites (N-methyl/N-ethyl adjacent to an activating group) is 1. The molecular weight excluding hydrogens is 263 g/mol. The SMILES string of the molecule is CCNC(Cc1cccnc1)c1cc(Cl)ccc1F. The Morgan fingerprint density at radius 1 is 1.37 bits per heavy atom. The Balaban J connectivity index is 2.27. The Morgan fingerprint density at radius 3 is 2.89 bits per heavy atom. The Bertz CT molecular complexity index is 531. The Labute approximate surface area is 117 Å². The third kappa shape index (κ3) is 3.75. The van der Waals surface area contributed by atoms with Gasteiger partial charge >= 0.3 is 0 Å². The van der Waals surface area contributed by atoms with Gasteiger partial charge in [0.05, 0.1) is 0 Å². The number of hydrogen-bond acceptors (Lipinski definition) is 2. The molecule has 0 saturated carbocycles. The minimum Gasteiger partial charge on any atom is -0.310 e. The average molecular weight is 279 g/mol. The lowest BCUT2D eigenvalue weighted by molar-refractivity contribution is 0.509. The van der Waals surface area contributed by atoms with Crippen LogP contribution in [0.4, 0.5) is 4.39 Å². The van der Waals surface area contributed by atoms with Crippen molar-refractivity contribution in [3.8, 4) is 0 Å². The molecule has 0 radical (unpaired) electrons. The number of aromatic nitrogens is 1. The maximum absolute atomic E-state index is 13.9. The predicted octanol–water partition coefficient (Wildman–Crippen LogP) is 3.77. The Hall–Kier alpha value is -1.45. The van der Waals surface area contributed by atoms with Gasteiger partial charge in [0.15, 0.2) is 0 Å². The highest BCUT2D eigenvalue weighted by Crippen LogP contribution is 2.24. The highest BCUT2D eigenvalue weighted by atomic mass is 35.5. The zero-order valence-electron chi connectivity index (χ0n) is 10.7. The number of rotatable bonds is 5. The second-order valence-corrected chi connectivity index (χ2v) is 4.78. The van der Waals surface area contributed by atoms with Crippen LogP contribution in [0, 0.1) is 5.82 Å². The van der Waals surface area contributed by atoms with Crippen LogP contribution in [0.1, 0.15) is 24.1 Å². The second kappa shape index (κ2) is 6.64. The number of halogens is 2. The van der Waals surface area contributed by atoms with Crippen LogP contribution < -0.4 is 5.32 Å². The van der Waals surface area contributed by atoms with Crippen LogP contribution in [0.3, 0.4) is 0 Å². The van der Waals surface area contributed by atoms with Crippen LogP contribution in [0.25, 0.3) is 0 Å². The number of pyridine rings is 1. The van der Waals surface area contributed by atoms with Crippen molar-refractivity contribution in [3.05, 3.63) is 64.7 Å². The van der Waals surface area contributed by atoms with Gasteiger partial charge in [0, 0.05) is 29.0 Å². The molecule has 0 spiro atoms. The number of benzene rings is 1. The normalized spacial score (nSPS) is 12.4. The van der Waals surface area contributed by atoms with Crippen LogP contribution in [0.15, 0.2) is 42.7 Å². The first-order valence-corrected chi connectivity index (χ1v) is 6.65. The Morgan fingerprint density at radius 2 is 2.21 bits per heavy atom. The molecule has 1 atom stereocenters. The zero-order chi connectivity index (χ0) is 13.7. The van der Waals surface area contributed by atoms with Crippen molar-refractivity contribution < 1.29 is 4.39 Å². The van der Waals surface area contributed by atoms with Crippen LogP contribution in [0.2, 0.25) is 5.02 Å². The van der Waals surface area contributed by atoms with Crippen molar-refractivity contribution in [1.82, 2.24) is 10.3 Å². The fraction of sp³-hybridized carbons (Fsp3) is 0.267. The summed E-state index contributed by atoms with van der Waals surface area (Å²) in [5.41, 5.74) is 1.66. The summed E-state index contributed by atoms with van der Waals surface area (Å²) in [4.78, 5) is 4.08. The molecule has 1 N–H and O–H groups in total. The van der Waals surface area contributed by atoms with Crippen molar-refractivity contribution in [3.63, 3.8) is 0 Å². The van der Waals surface area contributed by atoms with Gasteiger partial charge in [-0.3, -0.25) is 4.98 Å². The van der Waals surface area contributed by atoms with E-state index in [1.807, 2.05) is 19.1 Å². The van der Waals surface area contributed by atoms with Gasteiger partial charge in [0.25, 0.3) is 0 Å². The third-order valence-corrected chi connectivity index (χ3v) is 3.18. The predicted molar refractivity (Wildman–Crippen MR) is 75.8 cm³/mol. The van der Waals surface area contributed by atoms with Gasteiger partial charge in [-0.2, -0.15) is 0 Å². The van der Waals surface area contributed by atoms with Gasteiger partial charge in [0.1, 0.15) is 5.82 Å². The maximum Gasteiger partial charge on any atom is 0.128 e. The van der Waals surface area contributed by atoms with E-state index in [-0.39, 0.29) is 11.9 Å². The number of hydrogen-bond donors (Lipinski definition) is 1. The zero-order valence-corrected chi connectivity index (χ0v) is 11.5.